The first-order chi connectivity index (χ1) is 8.92. The van der Waals surface area contributed by atoms with Gasteiger partial charge in [0.15, 0.2) is 0 Å². The normalized spacial score (nSPS) is 13.3. The van der Waals surface area contributed by atoms with E-state index in [9.17, 15) is 5.11 Å². The number of aliphatic hydroxyl groups excluding tert-OH is 1. The minimum absolute atomic E-state index is 0.00360. The van der Waals surface area contributed by atoms with E-state index in [1.807, 2.05) is 24.3 Å². The van der Waals surface area contributed by atoms with Crippen LogP contribution in [0.2, 0.25) is 0 Å². The van der Waals surface area contributed by atoms with Crippen molar-refractivity contribution in [1.82, 2.24) is 5.32 Å². The number of hydrogen-bond acceptors (Lipinski definition) is 4. The summed E-state index contributed by atoms with van der Waals surface area (Å²) < 4.78 is 10.8. The average molecular weight is 267 g/mol. The number of benzene rings is 1. The summed E-state index contributed by atoms with van der Waals surface area (Å²) in [6, 6.07) is 7.72. The van der Waals surface area contributed by atoms with Crippen LogP contribution < -0.4 is 10.1 Å². The van der Waals surface area contributed by atoms with Crippen molar-refractivity contribution in [3.8, 4) is 5.75 Å². The van der Waals surface area contributed by atoms with Gasteiger partial charge in [-0.15, -0.1) is 0 Å². The lowest BCUT2D eigenvalue weighted by molar-refractivity contribution is 0.0255. The van der Waals surface area contributed by atoms with Gasteiger partial charge in [-0.25, -0.2) is 0 Å². The second kappa shape index (κ2) is 7.48. The minimum Gasteiger partial charge on any atom is -0.496 e. The zero-order valence-electron chi connectivity index (χ0n) is 12.3. The van der Waals surface area contributed by atoms with Crippen molar-refractivity contribution < 1.29 is 14.6 Å². The number of nitrogens with one attached hydrogen (secondary N) is 1. The monoisotopic (exact) mass is 267 g/mol. The zero-order valence-corrected chi connectivity index (χ0v) is 12.3. The van der Waals surface area contributed by atoms with Crippen molar-refractivity contribution in [3.05, 3.63) is 29.8 Å². The first kappa shape index (κ1) is 16.0. The summed E-state index contributed by atoms with van der Waals surface area (Å²) in [5, 5.41) is 13.0. The molecule has 1 rings (SSSR count). The lowest BCUT2D eigenvalue weighted by Crippen LogP contribution is -2.42. The van der Waals surface area contributed by atoms with Crippen molar-refractivity contribution >= 4 is 0 Å². The van der Waals surface area contributed by atoms with Gasteiger partial charge in [-0.2, -0.15) is 0 Å². The highest BCUT2D eigenvalue weighted by Gasteiger charge is 2.12. The van der Waals surface area contributed by atoms with E-state index in [-0.39, 0.29) is 5.54 Å². The molecule has 0 unspecified atom stereocenters. The van der Waals surface area contributed by atoms with Gasteiger partial charge in [-0.3, -0.25) is 0 Å². The van der Waals surface area contributed by atoms with Crippen LogP contribution in [-0.4, -0.2) is 37.0 Å². The van der Waals surface area contributed by atoms with E-state index in [4.69, 9.17) is 9.47 Å². The fraction of sp³-hybridized carbons (Fsp3) is 0.600. The fourth-order valence-corrected chi connectivity index (χ4v) is 1.61. The van der Waals surface area contributed by atoms with Crippen molar-refractivity contribution in [2.24, 2.45) is 0 Å². The van der Waals surface area contributed by atoms with Gasteiger partial charge in [-0.1, -0.05) is 18.2 Å². The molecule has 0 heterocycles. The highest BCUT2D eigenvalue weighted by Crippen LogP contribution is 2.17. The Hall–Kier alpha value is -1.10. The number of para-hydroxylation sites is 1. The molecule has 1 atom stereocenters. The number of aliphatic hydroxyl groups is 1. The molecule has 0 radical (unpaired) electrons. The molecular weight excluding hydrogens is 242 g/mol. The predicted molar refractivity (Wildman–Crippen MR) is 76.4 cm³/mol. The molecule has 4 heteroatoms. The summed E-state index contributed by atoms with van der Waals surface area (Å²) >= 11 is 0. The fourth-order valence-electron chi connectivity index (χ4n) is 1.61. The summed E-state index contributed by atoms with van der Waals surface area (Å²) in [5.41, 5.74) is 0.991. The molecule has 0 saturated heterocycles. The Morgan fingerprint density at radius 2 is 1.95 bits per heavy atom. The summed E-state index contributed by atoms with van der Waals surface area (Å²) in [7, 11) is 1.64. The Labute approximate surface area is 115 Å². The van der Waals surface area contributed by atoms with Crippen molar-refractivity contribution in [3.63, 3.8) is 0 Å². The third kappa shape index (κ3) is 6.57. The van der Waals surface area contributed by atoms with Crippen molar-refractivity contribution in [2.75, 3.05) is 20.3 Å². The van der Waals surface area contributed by atoms with Gasteiger partial charge >= 0.3 is 0 Å². The van der Waals surface area contributed by atoms with Crippen LogP contribution in [0.15, 0.2) is 24.3 Å². The maximum Gasteiger partial charge on any atom is 0.124 e. The smallest absolute Gasteiger partial charge is 0.124 e. The molecule has 0 saturated carbocycles. The molecule has 4 nitrogen and oxygen atoms in total. The highest BCUT2D eigenvalue weighted by molar-refractivity contribution is 5.32. The molecule has 0 aromatic heterocycles. The standard InChI is InChI=1S/C15H25NO3/c1-15(2,3)16-9-13(17)11-19-10-12-7-5-6-8-14(12)18-4/h5-8,13,16-17H,9-11H2,1-4H3/t13-/m1/s1. The number of rotatable bonds is 7. The largest absolute Gasteiger partial charge is 0.496 e. The molecule has 0 aliphatic rings. The average Bonchev–Trinajstić information content (AvgIpc) is 2.36. The first-order valence-electron chi connectivity index (χ1n) is 6.55. The summed E-state index contributed by atoms with van der Waals surface area (Å²) in [5.74, 6) is 0.810. The van der Waals surface area contributed by atoms with Crippen LogP contribution in [0.4, 0.5) is 0 Å². The van der Waals surface area contributed by atoms with Gasteiger partial charge in [0, 0.05) is 17.6 Å². The molecule has 1 aromatic rings. The third-order valence-corrected chi connectivity index (χ3v) is 2.63. The number of ether oxygens (including phenoxy) is 2. The molecule has 0 aliphatic carbocycles. The summed E-state index contributed by atoms with van der Waals surface area (Å²) in [4.78, 5) is 0. The lowest BCUT2D eigenvalue weighted by atomic mass is 10.1. The highest BCUT2D eigenvalue weighted by atomic mass is 16.5. The van der Waals surface area contributed by atoms with E-state index in [1.165, 1.54) is 0 Å². The Bertz CT molecular complexity index is 374. The number of β-amino-alcohol motifs (C(OH)–C–C–N with tert-alkyl or cyclic N) is 1. The molecule has 0 fully saturated rings. The van der Waals surface area contributed by atoms with Crippen molar-refractivity contribution in [2.45, 2.75) is 39.0 Å². The Kier molecular flexibility index (Phi) is 6.28. The zero-order chi connectivity index (χ0) is 14.3. The van der Waals surface area contributed by atoms with Gasteiger partial charge in [0.05, 0.1) is 26.4 Å². The molecule has 2 N–H and O–H groups in total. The first-order valence-corrected chi connectivity index (χ1v) is 6.55. The van der Waals surface area contributed by atoms with Gasteiger partial charge in [0.1, 0.15) is 5.75 Å². The molecule has 0 bridgehead atoms. The lowest BCUT2D eigenvalue weighted by Gasteiger charge is -2.22. The Balaban J connectivity index is 2.30. The molecular formula is C15H25NO3. The minimum atomic E-state index is -0.506. The maximum atomic E-state index is 9.80. The predicted octanol–water partition coefficient (Wildman–Crippen LogP) is 1.96. The van der Waals surface area contributed by atoms with Gasteiger partial charge in [-0.05, 0) is 26.8 Å². The van der Waals surface area contributed by atoms with Crippen LogP contribution in [0.5, 0.6) is 5.75 Å². The number of methoxy groups -OCH3 is 1. The molecule has 0 aliphatic heterocycles. The van der Waals surface area contributed by atoms with Crippen LogP contribution in [0.25, 0.3) is 0 Å². The second-order valence-electron chi connectivity index (χ2n) is 5.61. The Morgan fingerprint density at radius 1 is 1.26 bits per heavy atom. The van der Waals surface area contributed by atoms with Crippen LogP contribution in [0.1, 0.15) is 26.3 Å². The van der Waals surface area contributed by atoms with Gasteiger partial charge in [0.25, 0.3) is 0 Å². The number of hydrogen-bond donors (Lipinski definition) is 2. The van der Waals surface area contributed by atoms with Crippen molar-refractivity contribution in [1.29, 1.82) is 0 Å². The van der Waals surface area contributed by atoms with E-state index < -0.39 is 6.10 Å². The van der Waals surface area contributed by atoms with E-state index in [0.717, 1.165) is 11.3 Å². The molecule has 0 spiro atoms. The molecule has 1 aromatic carbocycles. The topological polar surface area (TPSA) is 50.7 Å². The van der Waals surface area contributed by atoms with Crippen LogP contribution in [-0.2, 0) is 11.3 Å². The summed E-state index contributed by atoms with van der Waals surface area (Å²) in [6.45, 7) is 7.47. The van der Waals surface area contributed by atoms with Gasteiger partial charge in [0.2, 0.25) is 0 Å². The second-order valence-corrected chi connectivity index (χ2v) is 5.61. The SMILES string of the molecule is COc1ccccc1COC[C@H](O)CNC(C)(C)C. The van der Waals surface area contributed by atoms with Crippen LogP contribution in [0.3, 0.4) is 0 Å². The Morgan fingerprint density at radius 3 is 2.58 bits per heavy atom. The molecule has 19 heavy (non-hydrogen) atoms. The van der Waals surface area contributed by atoms with Crippen LogP contribution in [0, 0.1) is 0 Å². The van der Waals surface area contributed by atoms with Gasteiger partial charge < -0.3 is 19.9 Å². The summed E-state index contributed by atoms with van der Waals surface area (Å²) in [6.07, 6.45) is -0.506. The molecule has 108 valence electrons. The van der Waals surface area contributed by atoms with Crippen LogP contribution >= 0.6 is 0 Å². The van der Waals surface area contributed by atoms with E-state index in [2.05, 4.69) is 26.1 Å². The van der Waals surface area contributed by atoms with E-state index in [1.54, 1.807) is 7.11 Å². The quantitative estimate of drug-likeness (QED) is 0.793. The molecule has 0 amide bonds. The van der Waals surface area contributed by atoms with E-state index in [0.29, 0.717) is 19.8 Å². The van der Waals surface area contributed by atoms with E-state index >= 15 is 0 Å². The maximum absolute atomic E-state index is 9.80. The third-order valence-electron chi connectivity index (χ3n) is 2.63.